The van der Waals surface area contributed by atoms with Crippen LogP contribution in [0.1, 0.15) is 63.0 Å². The average molecular weight is 596 g/mol. The summed E-state index contributed by atoms with van der Waals surface area (Å²) in [5, 5.41) is 3.18. The number of anilines is 2. The van der Waals surface area contributed by atoms with E-state index >= 15 is 0 Å². The number of carbonyl (C=O) groups excluding carboxylic acids is 3. The Bertz CT molecular complexity index is 1520. The zero-order valence-electron chi connectivity index (χ0n) is 25.1. The zero-order valence-corrected chi connectivity index (χ0v) is 25.1. The van der Waals surface area contributed by atoms with Crippen LogP contribution in [0.3, 0.4) is 0 Å². The van der Waals surface area contributed by atoms with Crippen molar-refractivity contribution in [3.8, 4) is 17.0 Å². The standard InChI is InChI=1S/C30H34FN5O7/c1-29(2,3)42-27(38)36(28(39)43-30(4,5)6)26-32-10-8-22(35-26)21-16-34-24(20-9-11-41-23(20)21)33-15-17-12-18(25(37)40-7)14-19(31)13-17/h8,10,12-14,16H,9,11,15H2,1-7H3,(H,33,34). The summed E-state index contributed by atoms with van der Waals surface area (Å²) in [6.45, 7) is 10.6. The zero-order chi connectivity index (χ0) is 31.5. The second kappa shape index (κ2) is 12.2. The van der Waals surface area contributed by atoms with Gasteiger partial charge in [0.25, 0.3) is 0 Å². The van der Waals surface area contributed by atoms with Gasteiger partial charge in [-0.15, -0.1) is 4.90 Å². The van der Waals surface area contributed by atoms with Gasteiger partial charge in [-0.2, -0.15) is 0 Å². The Kier molecular flexibility index (Phi) is 8.83. The minimum absolute atomic E-state index is 0.0996. The highest BCUT2D eigenvalue weighted by Crippen LogP contribution is 2.39. The van der Waals surface area contributed by atoms with E-state index in [0.29, 0.717) is 46.3 Å². The van der Waals surface area contributed by atoms with Gasteiger partial charge in [-0.05, 0) is 71.4 Å². The Morgan fingerprint density at radius 2 is 1.70 bits per heavy atom. The third-order valence-corrected chi connectivity index (χ3v) is 5.84. The number of pyridine rings is 1. The van der Waals surface area contributed by atoms with E-state index < -0.39 is 35.2 Å². The fourth-order valence-corrected chi connectivity index (χ4v) is 4.16. The lowest BCUT2D eigenvalue weighted by Gasteiger charge is -2.27. The van der Waals surface area contributed by atoms with E-state index in [1.54, 1.807) is 47.6 Å². The molecule has 0 saturated carbocycles. The monoisotopic (exact) mass is 595 g/mol. The lowest BCUT2D eigenvalue weighted by molar-refractivity contribution is 0.0426. The maximum absolute atomic E-state index is 14.1. The molecule has 12 nitrogen and oxygen atoms in total. The number of hydrogen-bond donors (Lipinski definition) is 1. The summed E-state index contributed by atoms with van der Waals surface area (Å²) in [7, 11) is 1.23. The van der Waals surface area contributed by atoms with E-state index in [1.165, 1.54) is 31.6 Å². The molecule has 3 heterocycles. The number of hydrogen-bond acceptors (Lipinski definition) is 11. The molecule has 2 aromatic heterocycles. The van der Waals surface area contributed by atoms with Gasteiger partial charge < -0.3 is 24.3 Å². The Balaban J connectivity index is 1.65. The second-order valence-electron chi connectivity index (χ2n) is 11.7. The number of aromatic nitrogens is 3. The third-order valence-electron chi connectivity index (χ3n) is 5.84. The molecule has 43 heavy (non-hydrogen) atoms. The molecular weight excluding hydrogens is 561 g/mol. The number of nitrogens with zero attached hydrogens (tertiary/aromatic N) is 4. The number of ether oxygens (including phenoxy) is 4. The molecule has 0 spiro atoms. The molecule has 0 fully saturated rings. The number of amides is 2. The van der Waals surface area contributed by atoms with Crippen LogP contribution in [0.25, 0.3) is 11.3 Å². The average Bonchev–Trinajstić information content (AvgIpc) is 3.39. The van der Waals surface area contributed by atoms with E-state index in [1.807, 2.05) is 0 Å². The number of esters is 1. The molecule has 1 aromatic carbocycles. The van der Waals surface area contributed by atoms with Gasteiger partial charge in [-0.1, -0.05) is 0 Å². The lowest BCUT2D eigenvalue weighted by Crippen LogP contribution is -2.44. The number of carbonyl (C=O) groups is 3. The predicted molar refractivity (Wildman–Crippen MR) is 154 cm³/mol. The fourth-order valence-electron chi connectivity index (χ4n) is 4.16. The number of benzene rings is 1. The van der Waals surface area contributed by atoms with Gasteiger partial charge in [0.1, 0.15) is 28.6 Å². The van der Waals surface area contributed by atoms with Crippen LogP contribution in [-0.2, 0) is 27.2 Å². The van der Waals surface area contributed by atoms with E-state index in [9.17, 15) is 18.8 Å². The van der Waals surface area contributed by atoms with Crippen molar-refractivity contribution >= 4 is 29.9 Å². The maximum Gasteiger partial charge on any atom is 0.427 e. The fraction of sp³-hybridized carbons (Fsp3) is 0.400. The van der Waals surface area contributed by atoms with E-state index in [0.717, 1.165) is 11.6 Å². The molecule has 228 valence electrons. The predicted octanol–water partition coefficient (Wildman–Crippen LogP) is 5.69. The Morgan fingerprint density at radius 1 is 1.02 bits per heavy atom. The molecule has 0 atom stereocenters. The lowest BCUT2D eigenvalue weighted by atomic mass is 10.1. The summed E-state index contributed by atoms with van der Waals surface area (Å²) >= 11 is 0. The first-order valence-electron chi connectivity index (χ1n) is 13.5. The van der Waals surface area contributed by atoms with Gasteiger partial charge in [-0.3, -0.25) is 0 Å². The van der Waals surface area contributed by atoms with E-state index in [2.05, 4.69) is 20.3 Å². The quantitative estimate of drug-likeness (QED) is 0.277. The molecule has 0 unspecified atom stereocenters. The number of rotatable bonds is 6. The Hall–Kier alpha value is -4.81. The van der Waals surface area contributed by atoms with Crippen molar-refractivity contribution < 1.29 is 37.7 Å². The number of methoxy groups -OCH3 is 1. The largest absolute Gasteiger partial charge is 0.492 e. The minimum Gasteiger partial charge on any atom is -0.492 e. The number of nitrogens with one attached hydrogen (secondary N) is 1. The third kappa shape index (κ3) is 7.73. The number of fused-ring (bicyclic) bond motifs is 1. The summed E-state index contributed by atoms with van der Waals surface area (Å²) in [6.07, 6.45) is 1.48. The van der Waals surface area contributed by atoms with Crippen molar-refractivity contribution in [3.63, 3.8) is 0 Å². The first-order chi connectivity index (χ1) is 20.1. The number of halogens is 1. The van der Waals surface area contributed by atoms with Crippen molar-refractivity contribution in [2.24, 2.45) is 0 Å². The van der Waals surface area contributed by atoms with Gasteiger partial charge in [-0.25, -0.2) is 33.7 Å². The van der Waals surface area contributed by atoms with Crippen molar-refractivity contribution in [1.82, 2.24) is 15.0 Å². The summed E-state index contributed by atoms with van der Waals surface area (Å²) in [6, 6.07) is 5.56. The van der Waals surface area contributed by atoms with Crippen molar-refractivity contribution in [2.75, 3.05) is 23.9 Å². The van der Waals surface area contributed by atoms with E-state index in [-0.39, 0.29) is 18.1 Å². The molecule has 1 N–H and O–H groups in total. The number of imide groups is 1. The Labute approximate surface area is 248 Å². The van der Waals surface area contributed by atoms with Gasteiger partial charge in [0.15, 0.2) is 0 Å². The summed E-state index contributed by atoms with van der Waals surface area (Å²) < 4.78 is 35.6. The van der Waals surface area contributed by atoms with Crippen molar-refractivity contribution in [1.29, 1.82) is 0 Å². The normalized spacial score (nSPS) is 12.6. The van der Waals surface area contributed by atoms with Crippen LogP contribution >= 0.6 is 0 Å². The molecule has 4 rings (SSSR count). The molecule has 13 heteroatoms. The molecule has 3 aromatic rings. The molecule has 0 saturated heterocycles. The van der Waals surface area contributed by atoms with Gasteiger partial charge in [0, 0.05) is 30.9 Å². The molecule has 0 bridgehead atoms. The Morgan fingerprint density at radius 3 is 2.33 bits per heavy atom. The van der Waals surface area contributed by atoms with Gasteiger partial charge >= 0.3 is 18.2 Å². The van der Waals surface area contributed by atoms with Crippen LogP contribution in [0, 0.1) is 5.82 Å². The van der Waals surface area contributed by atoms with Crippen LogP contribution in [0.15, 0.2) is 36.7 Å². The molecule has 1 aliphatic rings. The highest BCUT2D eigenvalue weighted by Gasteiger charge is 2.35. The van der Waals surface area contributed by atoms with Crippen LogP contribution in [-0.4, -0.2) is 58.0 Å². The highest BCUT2D eigenvalue weighted by atomic mass is 19.1. The van der Waals surface area contributed by atoms with Crippen molar-refractivity contribution in [3.05, 3.63) is 59.2 Å². The van der Waals surface area contributed by atoms with Crippen LogP contribution in [0.2, 0.25) is 0 Å². The summed E-state index contributed by atoms with van der Waals surface area (Å²) in [4.78, 5) is 51.9. The molecule has 0 aliphatic carbocycles. The summed E-state index contributed by atoms with van der Waals surface area (Å²) in [5.41, 5.74) is 0.427. The van der Waals surface area contributed by atoms with E-state index in [4.69, 9.17) is 18.9 Å². The van der Waals surface area contributed by atoms with Gasteiger partial charge in [0.2, 0.25) is 5.95 Å². The molecule has 2 amide bonds. The molecule has 1 aliphatic heterocycles. The smallest absolute Gasteiger partial charge is 0.427 e. The first kappa shape index (κ1) is 31.1. The minimum atomic E-state index is -0.995. The van der Waals surface area contributed by atoms with Crippen LogP contribution in [0.5, 0.6) is 5.75 Å². The topological polar surface area (TPSA) is 142 Å². The molecule has 0 radical (unpaired) electrons. The van der Waals surface area contributed by atoms with Crippen LogP contribution < -0.4 is 15.0 Å². The maximum atomic E-state index is 14.1. The SMILES string of the molecule is COC(=O)c1cc(F)cc(CNc2ncc(-c3ccnc(N(C(=O)OC(C)(C)C)C(=O)OC(C)(C)C)n3)c3c2CCO3)c1. The van der Waals surface area contributed by atoms with Crippen LogP contribution in [0.4, 0.5) is 25.7 Å². The summed E-state index contributed by atoms with van der Waals surface area (Å²) in [5.74, 6) is -0.430. The first-order valence-corrected chi connectivity index (χ1v) is 13.5. The molecular formula is C30H34FN5O7. The van der Waals surface area contributed by atoms with Crippen molar-refractivity contribution in [2.45, 2.75) is 65.7 Å². The second-order valence-corrected chi connectivity index (χ2v) is 11.7. The van der Waals surface area contributed by atoms with Gasteiger partial charge in [0.05, 0.1) is 30.5 Å². The highest BCUT2D eigenvalue weighted by molar-refractivity contribution is 6.08.